The zero-order valence-electron chi connectivity index (χ0n) is 11.0. The first-order chi connectivity index (χ1) is 9.65. The number of benzene rings is 1. The first-order valence-corrected chi connectivity index (χ1v) is 6.68. The van der Waals surface area contributed by atoms with E-state index < -0.39 is 12.0 Å². The largest absolute Gasteiger partial charge is 0.482 e. The summed E-state index contributed by atoms with van der Waals surface area (Å²) in [6, 6.07) is 4.51. The van der Waals surface area contributed by atoms with Gasteiger partial charge in [0.1, 0.15) is 11.8 Å². The van der Waals surface area contributed by atoms with Crippen molar-refractivity contribution in [1.82, 2.24) is 4.90 Å². The molecule has 1 atom stereocenters. The third-order valence-corrected chi connectivity index (χ3v) is 3.69. The zero-order chi connectivity index (χ0) is 14.1. The Labute approximate surface area is 116 Å². The Kier molecular flexibility index (Phi) is 3.31. The first kappa shape index (κ1) is 12.9. The number of carbonyl (C=O) groups excluding carboxylic acids is 1. The molecular formula is C14H16N2O4. The number of carboxylic acid groups (broad SMARTS) is 1. The second kappa shape index (κ2) is 5.13. The fourth-order valence-corrected chi connectivity index (χ4v) is 2.78. The molecule has 0 radical (unpaired) electrons. The average molecular weight is 276 g/mol. The minimum Gasteiger partial charge on any atom is -0.482 e. The van der Waals surface area contributed by atoms with Gasteiger partial charge in [0.05, 0.1) is 5.69 Å². The lowest BCUT2D eigenvalue weighted by atomic mass is 10.0. The summed E-state index contributed by atoms with van der Waals surface area (Å²) < 4.78 is 5.28. The van der Waals surface area contributed by atoms with Crippen LogP contribution in [-0.2, 0) is 9.59 Å². The Hall–Kier alpha value is -2.08. The van der Waals surface area contributed by atoms with Gasteiger partial charge in [0.15, 0.2) is 6.61 Å². The molecule has 2 aliphatic heterocycles. The number of carbonyl (C=O) groups is 2. The zero-order valence-corrected chi connectivity index (χ0v) is 11.0. The van der Waals surface area contributed by atoms with Crippen LogP contribution in [0.3, 0.4) is 0 Å². The van der Waals surface area contributed by atoms with Gasteiger partial charge >= 0.3 is 5.97 Å². The molecule has 0 aromatic heterocycles. The first-order valence-electron chi connectivity index (χ1n) is 6.68. The second-order valence-corrected chi connectivity index (χ2v) is 5.08. The van der Waals surface area contributed by atoms with Crippen LogP contribution in [0.5, 0.6) is 5.75 Å². The fraction of sp³-hybridized carbons (Fsp3) is 0.429. The number of fused-ring (bicyclic) bond motifs is 1. The Morgan fingerprint density at radius 2 is 2.10 bits per heavy atom. The summed E-state index contributed by atoms with van der Waals surface area (Å²) in [6.07, 6.45) is 2.04. The highest BCUT2D eigenvalue weighted by Gasteiger charge is 2.30. The van der Waals surface area contributed by atoms with Gasteiger partial charge < -0.3 is 15.2 Å². The number of hydrogen-bond donors (Lipinski definition) is 2. The maximum Gasteiger partial charge on any atom is 0.325 e. The van der Waals surface area contributed by atoms with Crippen LogP contribution in [0.15, 0.2) is 18.2 Å². The van der Waals surface area contributed by atoms with Crippen molar-refractivity contribution >= 4 is 17.6 Å². The van der Waals surface area contributed by atoms with Crippen molar-refractivity contribution in [3.63, 3.8) is 0 Å². The van der Waals surface area contributed by atoms with Crippen LogP contribution in [0.4, 0.5) is 5.69 Å². The predicted molar refractivity (Wildman–Crippen MR) is 71.8 cm³/mol. The topological polar surface area (TPSA) is 78.9 Å². The Morgan fingerprint density at radius 1 is 1.35 bits per heavy atom. The number of carboxylic acids is 1. The van der Waals surface area contributed by atoms with Gasteiger partial charge in [-0.1, -0.05) is 6.07 Å². The van der Waals surface area contributed by atoms with Crippen LogP contribution in [0.1, 0.15) is 24.4 Å². The average Bonchev–Trinajstić information content (AvgIpc) is 2.91. The molecule has 1 aromatic carbocycles. The number of hydrogen-bond acceptors (Lipinski definition) is 4. The molecule has 1 amide bonds. The molecule has 20 heavy (non-hydrogen) atoms. The van der Waals surface area contributed by atoms with Gasteiger partial charge in [0.25, 0.3) is 5.91 Å². The molecule has 0 spiro atoms. The van der Waals surface area contributed by atoms with E-state index in [0.717, 1.165) is 25.9 Å². The van der Waals surface area contributed by atoms with E-state index in [-0.39, 0.29) is 12.5 Å². The molecule has 1 unspecified atom stereocenters. The van der Waals surface area contributed by atoms with Crippen LogP contribution in [0, 0.1) is 0 Å². The number of likely N-dealkylation sites (tertiary alicyclic amines) is 1. The number of amides is 1. The molecule has 3 rings (SSSR count). The summed E-state index contributed by atoms with van der Waals surface area (Å²) in [5, 5.41) is 12.2. The summed E-state index contributed by atoms with van der Waals surface area (Å²) in [5.74, 6) is -0.503. The van der Waals surface area contributed by atoms with Crippen LogP contribution in [0.2, 0.25) is 0 Å². The molecule has 6 heteroatoms. The molecule has 6 nitrogen and oxygen atoms in total. The molecule has 2 heterocycles. The van der Waals surface area contributed by atoms with Crippen LogP contribution in [0.25, 0.3) is 0 Å². The van der Waals surface area contributed by atoms with Gasteiger partial charge in [-0.25, -0.2) is 0 Å². The molecule has 2 N–H and O–H groups in total. The van der Waals surface area contributed by atoms with Crippen molar-refractivity contribution in [2.24, 2.45) is 0 Å². The molecule has 1 fully saturated rings. The highest BCUT2D eigenvalue weighted by Crippen LogP contribution is 2.33. The lowest BCUT2D eigenvalue weighted by Gasteiger charge is -2.26. The third-order valence-electron chi connectivity index (χ3n) is 3.69. The van der Waals surface area contributed by atoms with Gasteiger partial charge in [-0.05, 0) is 43.6 Å². The maximum absolute atomic E-state index is 11.6. The van der Waals surface area contributed by atoms with E-state index >= 15 is 0 Å². The highest BCUT2D eigenvalue weighted by atomic mass is 16.5. The molecule has 1 saturated heterocycles. The normalized spacial score (nSPS) is 19.9. The van der Waals surface area contributed by atoms with E-state index in [9.17, 15) is 14.7 Å². The minimum atomic E-state index is -0.866. The number of aliphatic carboxylic acids is 1. The smallest absolute Gasteiger partial charge is 0.325 e. The lowest BCUT2D eigenvalue weighted by molar-refractivity contribution is -0.143. The Bertz CT molecular complexity index is 552. The second-order valence-electron chi connectivity index (χ2n) is 5.08. The summed E-state index contributed by atoms with van der Waals surface area (Å²) in [4.78, 5) is 24.8. The Balaban J connectivity index is 1.93. The van der Waals surface area contributed by atoms with E-state index in [0.29, 0.717) is 17.0 Å². The van der Waals surface area contributed by atoms with Crippen molar-refractivity contribution in [2.75, 3.05) is 25.0 Å². The van der Waals surface area contributed by atoms with Crippen LogP contribution >= 0.6 is 0 Å². The molecule has 2 aliphatic rings. The summed E-state index contributed by atoms with van der Waals surface area (Å²) >= 11 is 0. The number of ether oxygens (including phenoxy) is 1. The van der Waals surface area contributed by atoms with Crippen molar-refractivity contribution in [2.45, 2.75) is 18.9 Å². The number of nitrogens with zero attached hydrogens (tertiary/aromatic N) is 1. The summed E-state index contributed by atoms with van der Waals surface area (Å²) in [5.41, 5.74) is 1.22. The fourth-order valence-electron chi connectivity index (χ4n) is 2.78. The molecule has 0 saturated carbocycles. The molecule has 0 bridgehead atoms. The van der Waals surface area contributed by atoms with Gasteiger partial charge in [-0.2, -0.15) is 0 Å². The lowest BCUT2D eigenvalue weighted by Crippen LogP contribution is -2.32. The predicted octanol–water partition coefficient (Wildman–Crippen LogP) is 1.24. The Morgan fingerprint density at radius 3 is 2.80 bits per heavy atom. The molecule has 0 aliphatic carbocycles. The van der Waals surface area contributed by atoms with Gasteiger partial charge in [0.2, 0.25) is 0 Å². The van der Waals surface area contributed by atoms with Crippen LogP contribution in [-0.4, -0.2) is 41.6 Å². The SMILES string of the molecule is O=C1COc2ccc(C(C(=O)O)N3CCCC3)cc2N1. The van der Waals surface area contributed by atoms with E-state index in [1.165, 1.54) is 0 Å². The third kappa shape index (κ3) is 2.34. The van der Waals surface area contributed by atoms with Gasteiger partial charge in [-0.15, -0.1) is 0 Å². The monoisotopic (exact) mass is 276 g/mol. The summed E-state index contributed by atoms with van der Waals surface area (Å²) in [7, 11) is 0. The number of nitrogens with one attached hydrogen (secondary N) is 1. The molecular weight excluding hydrogens is 260 g/mol. The molecule has 106 valence electrons. The number of anilines is 1. The molecule has 1 aromatic rings. The van der Waals surface area contributed by atoms with Crippen molar-refractivity contribution in [1.29, 1.82) is 0 Å². The van der Waals surface area contributed by atoms with Gasteiger partial charge in [-0.3, -0.25) is 14.5 Å². The minimum absolute atomic E-state index is 0.000824. The standard InChI is InChI=1S/C14H16N2O4/c17-12-8-20-11-4-3-9(7-10(11)15-12)13(14(18)19)16-5-1-2-6-16/h3-4,7,13H,1-2,5-6,8H2,(H,15,17)(H,18,19). The van der Waals surface area contributed by atoms with Gasteiger partial charge in [0, 0.05) is 0 Å². The van der Waals surface area contributed by atoms with Crippen molar-refractivity contribution in [3.8, 4) is 5.75 Å². The van der Waals surface area contributed by atoms with Crippen LogP contribution < -0.4 is 10.1 Å². The quantitative estimate of drug-likeness (QED) is 0.868. The highest BCUT2D eigenvalue weighted by molar-refractivity contribution is 5.95. The van der Waals surface area contributed by atoms with Crippen molar-refractivity contribution < 1.29 is 19.4 Å². The van der Waals surface area contributed by atoms with Crippen molar-refractivity contribution in [3.05, 3.63) is 23.8 Å². The van der Waals surface area contributed by atoms with E-state index in [2.05, 4.69) is 5.32 Å². The number of rotatable bonds is 3. The summed E-state index contributed by atoms with van der Waals surface area (Å²) in [6.45, 7) is 1.58. The maximum atomic E-state index is 11.6. The van der Waals surface area contributed by atoms with E-state index in [4.69, 9.17) is 4.74 Å². The van der Waals surface area contributed by atoms with E-state index in [1.54, 1.807) is 18.2 Å². The van der Waals surface area contributed by atoms with E-state index in [1.807, 2.05) is 4.90 Å².